The van der Waals surface area contributed by atoms with E-state index < -0.39 is 0 Å². The molecule has 0 radical (unpaired) electrons. The van der Waals surface area contributed by atoms with Crippen molar-refractivity contribution < 1.29 is 4.79 Å². The Balaban J connectivity index is 2.07. The summed E-state index contributed by atoms with van der Waals surface area (Å²) in [4.78, 5) is 12.1. The second-order valence-electron chi connectivity index (χ2n) is 5.42. The minimum Gasteiger partial charge on any atom is -0.326 e. The van der Waals surface area contributed by atoms with E-state index in [0.717, 1.165) is 5.69 Å². The molecule has 1 fully saturated rings. The van der Waals surface area contributed by atoms with E-state index in [1.165, 1.54) is 31.2 Å². The molecule has 0 spiro atoms. The molecule has 1 aliphatic heterocycles. The number of nitrogens with one attached hydrogen (secondary N) is 1. The van der Waals surface area contributed by atoms with Gasteiger partial charge >= 0.3 is 0 Å². The van der Waals surface area contributed by atoms with E-state index in [-0.39, 0.29) is 11.8 Å². The fraction of sp³-hybridized carbons (Fsp3) is 0.533. The highest BCUT2D eigenvalue weighted by atomic mass is 16.1. The fourth-order valence-corrected chi connectivity index (χ4v) is 3.52. The van der Waals surface area contributed by atoms with Gasteiger partial charge in [-0.1, -0.05) is 38.0 Å². The summed E-state index contributed by atoms with van der Waals surface area (Å²) in [5, 5.41) is 3.09. The average molecular weight is 229 g/mol. The SMILES string of the molecule is CC1C(=O)Nc2ccccc2C2CCCCC12. The summed E-state index contributed by atoms with van der Waals surface area (Å²) in [5.41, 5.74) is 2.40. The Morgan fingerprint density at radius 3 is 2.82 bits per heavy atom. The topological polar surface area (TPSA) is 29.1 Å². The molecule has 2 heteroatoms. The molecular weight excluding hydrogens is 210 g/mol. The summed E-state index contributed by atoms with van der Waals surface area (Å²) in [6.07, 6.45) is 5.02. The lowest BCUT2D eigenvalue weighted by molar-refractivity contribution is -0.121. The molecule has 1 amide bonds. The summed E-state index contributed by atoms with van der Waals surface area (Å²) in [7, 11) is 0. The number of amides is 1. The van der Waals surface area contributed by atoms with E-state index in [0.29, 0.717) is 11.8 Å². The highest BCUT2D eigenvalue weighted by Gasteiger charge is 2.37. The maximum atomic E-state index is 12.1. The first-order valence-electron chi connectivity index (χ1n) is 6.67. The van der Waals surface area contributed by atoms with Gasteiger partial charge in [-0.05, 0) is 36.3 Å². The first-order valence-corrected chi connectivity index (χ1v) is 6.67. The number of carbonyl (C=O) groups is 1. The second kappa shape index (κ2) is 4.17. The molecule has 2 nitrogen and oxygen atoms in total. The van der Waals surface area contributed by atoms with E-state index in [1.807, 2.05) is 12.1 Å². The van der Waals surface area contributed by atoms with Crippen LogP contribution in [0.2, 0.25) is 0 Å². The first kappa shape index (κ1) is 10.8. The van der Waals surface area contributed by atoms with Crippen molar-refractivity contribution in [1.82, 2.24) is 0 Å². The van der Waals surface area contributed by atoms with Crippen molar-refractivity contribution in [2.75, 3.05) is 5.32 Å². The number of fused-ring (bicyclic) bond motifs is 3. The van der Waals surface area contributed by atoms with Crippen LogP contribution in [0.25, 0.3) is 0 Å². The molecule has 0 bridgehead atoms. The van der Waals surface area contributed by atoms with Crippen LogP contribution in [0.3, 0.4) is 0 Å². The Bertz CT molecular complexity index is 440. The van der Waals surface area contributed by atoms with E-state index in [4.69, 9.17) is 0 Å². The van der Waals surface area contributed by atoms with Gasteiger partial charge in [-0.2, -0.15) is 0 Å². The quantitative estimate of drug-likeness (QED) is 0.724. The van der Waals surface area contributed by atoms with Gasteiger partial charge in [0.2, 0.25) is 5.91 Å². The average Bonchev–Trinajstić information content (AvgIpc) is 2.48. The van der Waals surface area contributed by atoms with Gasteiger partial charge in [0.15, 0.2) is 0 Å². The molecule has 3 rings (SSSR count). The molecule has 3 atom stereocenters. The predicted molar refractivity (Wildman–Crippen MR) is 68.9 cm³/mol. The van der Waals surface area contributed by atoms with Crippen molar-refractivity contribution in [2.24, 2.45) is 11.8 Å². The van der Waals surface area contributed by atoms with E-state index >= 15 is 0 Å². The van der Waals surface area contributed by atoms with Gasteiger partial charge in [0, 0.05) is 11.6 Å². The van der Waals surface area contributed by atoms with Gasteiger partial charge in [-0.15, -0.1) is 0 Å². The van der Waals surface area contributed by atoms with Crippen molar-refractivity contribution in [3.8, 4) is 0 Å². The number of rotatable bonds is 0. The largest absolute Gasteiger partial charge is 0.326 e. The van der Waals surface area contributed by atoms with Crippen LogP contribution in [-0.4, -0.2) is 5.91 Å². The zero-order valence-electron chi connectivity index (χ0n) is 10.3. The molecule has 1 N–H and O–H groups in total. The molecule has 1 heterocycles. The third-order valence-electron chi connectivity index (χ3n) is 4.49. The van der Waals surface area contributed by atoms with Crippen molar-refractivity contribution in [3.63, 3.8) is 0 Å². The molecule has 1 aromatic carbocycles. The van der Waals surface area contributed by atoms with Gasteiger partial charge in [-0.3, -0.25) is 4.79 Å². The molecule has 3 unspecified atom stereocenters. The van der Waals surface area contributed by atoms with Crippen LogP contribution in [-0.2, 0) is 4.79 Å². The highest BCUT2D eigenvalue weighted by Crippen LogP contribution is 2.46. The maximum Gasteiger partial charge on any atom is 0.227 e. The number of carbonyl (C=O) groups excluding carboxylic acids is 1. The van der Waals surface area contributed by atoms with Crippen molar-refractivity contribution in [1.29, 1.82) is 0 Å². The Hall–Kier alpha value is -1.31. The van der Waals surface area contributed by atoms with Crippen molar-refractivity contribution in [2.45, 2.75) is 38.5 Å². The molecule has 17 heavy (non-hydrogen) atoms. The zero-order chi connectivity index (χ0) is 11.8. The zero-order valence-corrected chi connectivity index (χ0v) is 10.3. The van der Waals surface area contributed by atoms with Crippen molar-refractivity contribution >= 4 is 11.6 Å². The lowest BCUT2D eigenvalue weighted by Crippen LogP contribution is -2.29. The van der Waals surface area contributed by atoms with Gasteiger partial charge in [-0.25, -0.2) is 0 Å². The fourth-order valence-electron chi connectivity index (χ4n) is 3.52. The van der Waals surface area contributed by atoms with E-state index in [2.05, 4.69) is 24.4 Å². The van der Waals surface area contributed by atoms with Crippen LogP contribution in [0, 0.1) is 11.8 Å². The molecular formula is C15H19NO. The Kier molecular flexibility index (Phi) is 2.65. The molecule has 1 aliphatic carbocycles. The van der Waals surface area contributed by atoms with Gasteiger partial charge in [0.1, 0.15) is 0 Å². The highest BCUT2D eigenvalue weighted by molar-refractivity contribution is 5.94. The minimum atomic E-state index is 0.146. The standard InChI is InChI=1S/C15H19NO/c1-10-11-6-2-3-7-12(11)13-8-4-5-9-14(13)16-15(10)17/h4-5,8-12H,2-3,6-7H2,1H3,(H,16,17). The molecule has 1 aromatic rings. The van der Waals surface area contributed by atoms with Gasteiger partial charge in [0.05, 0.1) is 0 Å². The van der Waals surface area contributed by atoms with Gasteiger partial charge < -0.3 is 5.32 Å². The van der Waals surface area contributed by atoms with Crippen LogP contribution in [0.4, 0.5) is 5.69 Å². The third-order valence-corrected chi connectivity index (χ3v) is 4.49. The van der Waals surface area contributed by atoms with Gasteiger partial charge in [0.25, 0.3) is 0 Å². The van der Waals surface area contributed by atoms with Crippen LogP contribution in [0.5, 0.6) is 0 Å². The Labute approximate surface area is 102 Å². The number of hydrogen-bond donors (Lipinski definition) is 1. The van der Waals surface area contributed by atoms with E-state index in [1.54, 1.807) is 0 Å². The Morgan fingerprint density at radius 2 is 1.94 bits per heavy atom. The maximum absolute atomic E-state index is 12.1. The summed E-state index contributed by atoms with van der Waals surface area (Å²) >= 11 is 0. The van der Waals surface area contributed by atoms with Crippen LogP contribution in [0.15, 0.2) is 24.3 Å². The minimum absolute atomic E-state index is 0.146. The number of para-hydroxylation sites is 1. The number of hydrogen-bond acceptors (Lipinski definition) is 1. The van der Waals surface area contributed by atoms with Crippen LogP contribution in [0.1, 0.15) is 44.1 Å². The van der Waals surface area contributed by atoms with Crippen LogP contribution >= 0.6 is 0 Å². The summed E-state index contributed by atoms with van der Waals surface area (Å²) in [6, 6.07) is 8.33. The lowest BCUT2D eigenvalue weighted by Gasteiger charge is -2.33. The smallest absolute Gasteiger partial charge is 0.227 e. The lowest BCUT2D eigenvalue weighted by atomic mass is 9.70. The molecule has 90 valence electrons. The third kappa shape index (κ3) is 1.76. The molecule has 1 saturated carbocycles. The molecule has 0 saturated heterocycles. The van der Waals surface area contributed by atoms with Crippen molar-refractivity contribution in [3.05, 3.63) is 29.8 Å². The number of benzene rings is 1. The normalized spacial score (nSPS) is 32.1. The summed E-state index contributed by atoms with van der Waals surface area (Å²) in [6.45, 7) is 2.09. The molecule has 0 aromatic heterocycles. The summed E-state index contributed by atoms with van der Waals surface area (Å²) < 4.78 is 0. The van der Waals surface area contributed by atoms with E-state index in [9.17, 15) is 4.79 Å². The first-order chi connectivity index (χ1) is 8.27. The predicted octanol–water partition coefficient (Wildman–Crippen LogP) is 3.55. The molecule has 2 aliphatic rings. The second-order valence-corrected chi connectivity index (χ2v) is 5.42. The number of anilines is 1. The monoisotopic (exact) mass is 229 g/mol. The Morgan fingerprint density at radius 1 is 1.18 bits per heavy atom. The van der Waals surface area contributed by atoms with Crippen LogP contribution < -0.4 is 5.32 Å². The summed E-state index contributed by atoms with van der Waals surface area (Å²) in [5.74, 6) is 1.46.